The van der Waals surface area contributed by atoms with Gasteiger partial charge in [0.1, 0.15) is 0 Å². The number of nitrogens with one attached hydrogen (secondary N) is 2. The topological polar surface area (TPSA) is 130 Å². The SMILES string of the molecule is CS(=O)(=O)NCC1(O)CC2CCC(C1)C2S(=O)(=O)c1cc(C(=O)Nc2cc(F)c(F)c(F)c2)ccc1Cl. The van der Waals surface area contributed by atoms with Gasteiger partial charge in [0.2, 0.25) is 10.0 Å². The summed E-state index contributed by atoms with van der Waals surface area (Å²) >= 11 is 6.22. The van der Waals surface area contributed by atoms with Gasteiger partial charge in [0.15, 0.2) is 27.3 Å². The minimum atomic E-state index is -4.10. The summed E-state index contributed by atoms with van der Waals surface area (Å²) < 4.78 is 92.8. The van der Waals surface area contributed by atoms with Crippen LogP contribution in [0.4, 0.5) is 18.9 Å². The van der Waals surface area contributed by atoms with E-state index in [4.69, 9.17) is 11.6 Å². The molecule has 2 aliphatic carbocycles. The predicted molar refractivity (Wildman–Crippen MR) is 130 cm³/mol. The molecule has 0 radical (unpaired) electrons. The number of carbonyl (C=O) groups excluding carboxylic acids is 1. The molecule has 2 aromatic carbocycles. The van der Waals surface area contributed by atoms with Crippen molar-refractivity contribution in [3.63, 3.8) is 0 Å². The molecule has 202 valence electrons. The predicted octanol–water partition coefficient (Wildman–Crippen LogP) is 3.25. The average Bonchev–Trinajstić information content (AvgIpc) is 3.09. The zero-order chi connectivity index (χ0) is 27.3. The molecule has 2 bridgehead atoms. The van der Waals surface area contributed by atoms with Crippen LogP contribution in [0.3, 0.4) is 0 Å². The molecular formula is C23H24ClF3N2O6S2. The zero-order valence-electron chi connectivity index (χ0n) is 19.5. The number of amides is 1. The van der Waals surface area contributed by atoms with E-state index in [9.17, 15) is 39.9 Å². The number of sulfone groups is 1. The van der Waals surface area contributed by atoms with E-state index in [1.807, 2.05) is 0 Å². The third-order valence-electron chi connectivity index (χ3n) is 6.89. The molecule has 2 aromatic rings. The summed E-state index contributed by atoms with van der Waals surface area (Å²) in [5.74, 6) is -6.53. The van der Waals surface area contributed by atoms with Crippen LogP contribution in [0, 0.1) is 29.3 Å². The summed E-state index contributed by atoms with van der Waals surface area (Å²) in [5, 5.41) is 12.1. The van der Waals surface area contributed by atoms with E-state index in [-0.39, 0.29) is 40.6 Å². The number of carbonyl (C=O) groups is 1. The molecule has 1 amide bonds. The monoisotopic (exact) mass is 580 g/mol. The Hall–Kier alpha value is -2.19. The Balaban J connectivity index is 1.58. The van der Waals surface area contributed by atoms with Crippen LogP contribution in [0.1, 0.15) is 36.0 Å². The Bertz CT molecular complexity index is 1430. The molecule has 3 N–H and O–H groups in total. The van der Waals surface area contributed by atoms with Crippen LogP contribution < -0.4 is 10.0 Å². The normalized spacial score (nSPS) is 25.7. The van der Waals surface area contributed by atoms with E-state index in [0.717, 1.165) is 12.3 Å². The molecule has 2 unspecified atom stereocenters. The second-order valence-corrected chi connectivity index (χ2v) is 14.0. The first-order valence-electron chi connectivity index (χ1n) is 11.3. The van der Waals surface area contributed by atoms with Crippen molar-refractivity contribution in [3.8, 4) is 0 Å². The minimum Gasteiger partial charge on any atom is -0.389 e. The van der Waals surface area contributed by atoms with Gasteiger partial charge in [-0.3, -0.25) is 4.79 Å². The van der Waals surface area contributed by atoms with Gasteiger partial charge in [-0.1, -0.05) is 11.6 Å². The number of halogens is 4. The number of benzene rings is 2. The van der Waals surface area contributed by atoms with Crippen LogP contribution in [-0.2, 0) is 19.9 Å². The van der Waals surface area contributed by atoms with E-state index in [0.29, 0.717) is 25.0 Å². The number of aliphatic hydroxyl groups is 1. The second kappa shape index (κ2) is 9.84. The zero-order valence-corrected chi connectivity index (χ0v) is 21.9. The molecule has 2 aliphatic rings. The largest absolute Gasteiger partial charge is 0.389 e. The van der Waals surface area contributed by atoms with Crippen molar-refractivity contribution in [2.24, 2.45) is 11.8 Å². The molecule has 14 heteroatoms. The molecule has 2 saturated carbocycles. The van der Waals surface area contributed by atoms with Gasteiger partial charge in [0.05, 0.1) is 27.0 Å². The molecular weight excluding hydrogens is 557 g/mol. The fourth-order valence-electron chi connectivity index (χ4n) is 5.39. The highest BCUT2D eigenvalue weighted by Gasteiger charge is 2.54. The van der Waals surface area contributed by atoms with E-state index in [1.165, 1.54) is 12.1 Å². The maximum Gasteiger partial charge on any atom is 0.255 e. The Morgan fingerprint density at radius 3 is 2.16 bits per heavy atom. The number of fused-ring (bicyclic) bond motifs is 2. The molecule has 8 nitrogen and oxygen atoms in total. The Morgan fingerprint density at radius 2 is 1.62 bits per heavy atom. The number of sulfonamides is 1. The molecule has 37 heavy (non-hydrogen) atoms. The molecule has 0 spiro atoms. The number of hydrogen-bond donors (Lipinski definition) is 3. The lowest BCUT2D eigenvalue weighted by atomic mass is 9.77. The molecule has 0 aliphatic heterocycles. The summed E-state index contributed by atoms with van der Waals surface area (Å²) in [7, 11) is -7.65. The lowest BCUT2D eigenvalue weighted by molar-refractivity contribution is -0.0136. The van der Waals surface area contributed by atoms with Gasteiger partial charge in [-0.25, -0.2) is 34.7 Å². The second-order valence-electron chi connectivity index (χ2n) is 9.69. The van der Waals surface area contributed by atoms with Crippen molar-refractivity contribution in [2.75, 3.05) is 18.1 Å². The van der Waals surface area contributed by atoms with Crippen LogP contribution in [0.15, 0.2) is 35.2 Å². The van der Waals surface area contributed by atoms with E-state index >= 15 is 0 Å². The van der Waals surface area contributed by atoms with Crippen molar-refractivity contribution in [1.82, 2.24) is 4.72 Å². The van der Waals surface area contributed by atoms with Crippen LogP contribution >= 0.6 is 11.6 Å². The highest BCUT2D eigenvalue weighted by molar-refractivity contribution is 7.92. The van der Waals surface area contributed by atoms with Gasteiger partial charge < -0.3 is 10.4 Å². The van der Waals surface area contributed by atoms with E-state index in [2.05, 4.69) is 10.0 Å². The van der Waals surface area contributed by atoms with Crippen molar-refractivity contribution in [2.45, 2.75) is 41.4 Å². The maximum atomic E-state index is 13.7. The maximum absolute atomic E-state index is 13.7. The highest BCUT2D eigenvalue weighted by atomic mass is 35.5. The average molecular weight is 581 g/mol. The molecule has 0 heterocycles. The summed E-state index contributed by atoms with van der Waals surface area (Å²) in [6.45, 7) is -0.230. The van der Waals surface area contributed by atoms with E-state index in [1.54, 1.807) is 0 Å². The fourth-order valence-corrected chi connectivity index (χ4v) is 8.77. The molecule has 2 atom stereocenters. The van der Waals surface area contributed by atoms with Gasteiger partial charge >= 0.3 is 0 Å². The van der Waals surface area contributed by atoms with Crippen LogP contribution in [0.2, 0.25) is 5.02 Å². The fraction of sp³-hybridized carbons (Fsp3) is 0.435. The Labute approximate surface area is 217 Å². The third-order valence-corrected chi connectivity index (χ3v) is 10.4. The number of anilines is 1. The van der Waals surface area contributed by atoms with Gasteiger partial charge in [-0.15, -0.1) is 0 Å². The van der Waals surface area contributed by atoms with Gasteiger partial charge in [0, 0.05) is 29.9 Å². The lowest BCUT2D eigenvalue weighted by Crippen LogP contribution is -2.51. The third kappa shape index (κ3) is 5.80. The van der Waals surface area contributed by atoms with Crippen molar-refractivity contribution in [1.29, 1.82) is 0 Å². The van der Waals surface area contributed by atoms with Crippen molar-refractivity contribution < 1.29 is 39.9 Å². The van der Waals surface area contributed by atoms with Crippen LogP contribution in [0.25, 0.3) is 0 Å². The van der Waals surface area contributed by atoms with Crippen molar-refractivity contribution in [3.05, 3.63) is 58.4 Å². The summed E-state index contributed by atoms with van der Waals surface area (Å²) in [6.07, 6.45) is 2.12. The number of rotatable bonds is 7. The summed E-state index contributed by atoms with van der Waals surface area (Å²) in [5.41, 5.74) is -1.93. The molecule has 4 rings (SSSR count). The molecule has 0 saturated heterocycles. The van der Waals surface area contributed by atoms with Crippen LogP contribution in [-0.4, -0.2) is 51.5 Å². The summed E-state index contributed by atoms with van der Waals surface area (Å²) in [4.78, 5) is 12.4. The van der Waals surface area contributed by atoms with Crippen LogP contribution in [0.5, 0.6) is 0 Å². The molecule has 0 aromatic heterocycles. The molecule has 2 fully saturated rings. The Morgan fingerprint density at radius 1 is 1.05 bits per heavy atom. The highest BCUT2D eigenvalue weighted by Crippen LogP contribution is 2.51. The van der Waals surface area contributed by atoms with E-state index < -0.39 is 65.9 Å². The smallest absolute Gasteiger partial charge is 0.255 e. The van der Waals surface area contributed by atoms with Gasteiger partial charge in [-0.05, 0) is 55.7 Å². The van der Waals surface area contributed by atoms with Gasteiger partial charge in [-0.2, -0.15) is 0 Å². The first-order valence-corrected chi connectivity index (χ1v) is 15.1. The standard InChI is InChI=1S/C23H24ClF3N2O6S2/c1-36(32,33)28-11-23(31)9-13-2-3-14(10-23)21(13)37(34,35)19-6-12(4-5-16(19)24)22(30)29-15-7-17(25)20(27)18(26)8-15/h4-8,13-14,21,28,31H,2-3,9-11H2,1H3,(H,29,30). The first-order chi connectivity index (χ1) is 17.1. The lowest BCUT2D eigenvalue weighted by Gasteiger charge is -2.40. The quantitative estimate of drug-likeness (QED) is 0.431. The van der Waals surface area contributed by atoms with Crippen molar-refractivity contribution >= 4 is 43.1 Å². The summed E-state index contributed by atoms with van der Waals surface area (Å²) in [6, 6.07) is 4.69. The minimum absolute atomic E-state index is 0.0649. The Kier molecular flexibility index (Phi) is 7.40. The first kappa shape index (κ1) is 27.8. The number of hydrogen-bond acceptors (Lipinski definition) is 6. The van der Waals surface area contributed by atoms with Gasteiger partial charge in [0.25, 0.3) is 5.91 Å².